The number of amides is 4. The molecule has 28 heavy (non-hydrogen) atoms. The van der Waals surface area contributed by atoms with Crippen LogP contribution in [0.5, 0.6) is 11.5 Å². The molecule has 0 aliphatic heterocycles. The zero-order valence-electron chi connectivity index (χ0n) is 15.2. The summed E-state index contributed by atoms with van der Waals surface area (Å²) < 4.78 is 38.5. The predicted octanol–water partition coefficient (Wildman–Crippen LogP) is 0.414. The lowest BCUT2D eigenvalue weighted by Gasteiger charge is -2.13. The number of ether oxygens (including phenoxy) is 3. The van der Waals surface area contributed by atoms with Gasteiger partial charge >= 0.3 is 18.6 Å². The standard InChI is InChI=1S/C16H19F2N3O7/c1-8(13(23)21-16(25)19-2)27-12(22)7-20-14(24)9-4-5-10(28-15(17)18)11(6-9)26-3/h4-6,8,15H,7H2,1-3H3,(H,20,24)(H2,19,21,23,25)/t8-/m0/s1. The van der Waals surface area contributed by atoms with Gasteiger partial charge in [0.15, 0.2) is 17.6 Å². The number of hydrogen-bond donors (Lipinski definition) is 3. The lowest BCUT2D eigenvalue weighted by Crippen LogP contribution is -2.44. The minimum atomic E-state index is -3.06. The highest BCUT2D eigenvalue weighted by Gasteiger charge is 2.20. The van der Waals surface area contributed by atoms with Gasteiger partial charge in [0.1, 0.15) is 6.54 Å². The van der Waals surface area contributed by atoms with Crippen LogP contribution >= 0.6 is 0 Å². The molecule has 0 aliphatic rings. The van der Waals surface area contributed by atoms with Gasteiger partial charge in [-0.25, -0.2) is 4.79 Å². The minimum Gasteiger partial charge on any atom is -0.493 e. The molecule has 0 saturated carbocycles. The van der Waals surface area contributed by atoms with E-state index in [-0.39, 0.29) is 17.1 Å². The summed E-state index contributed by atoms with van der Waals surface area (Å²) in [4.78, 5) is 46.4. The Balaban J connectivity index is 2.60. The van der Waals surface area contributed by atoms with Crippen molar-refractivity contribution in [2.75, 3.05) is 20.7 Å². The quantitative estimate of drug-likeness (QED) is 0.536. The third-order valence-corrected chi connectivity index (χ3v) is 3.18. The molecule has 0 spiro atoms. The molecule has 0 radical (unpaired) electrons. The SMILES string of the molecule is CNC(=O)NC(=O)[C@H](C)OC(=O)CNC(=O)c1ccc(OC(F)F)c(OC)c1. The third-order valence-electron chi connectivity index (χ3n) is 3.18. The van der Waals surface area contributed by atoms with E-state index < -0.39 is 43.1 Å². The molecule has 1 aromatic rings. The maximum absolute atomic E-state index is 12.3. The van der Waals surface area contributed by atoms with Crippen molar-refractivity contribution in [2.45, 2.75) is 19.6 Å². The summed E-state index contributed by atoms with van der Waals surface area (Å²) in [7, 11) is 2.51. The van der Waals surface area contributed by atoms with Crippen LogP contribution in [0.1, 0.15) is 17.3 Å². The van der Waals surface area contributed by atoms with E-state index in [9.17, 15) is 28.0 Å². The van der Waals surface area contributed by atoms with Crippen molar-refractivity contribution in [1.29, 1.82) is 0 Å². The van der Waals surface area contributed by atoms with Crippen LogP contribution in [-0.2, 0) is 14.3 Å². The maximum Gasteiger partial charge on any atom is 0.387 e. The monoisotopic (exact) mass is 403 g/mol. The average molecular weight is 403 g/mol. The number of esters is 1. The van der Waals surface area contributed by atoms with E-state index in [0.717, 1.165) is 12.1 Å². The van der Waals surface area contributed by atoms with E-state index in [1.165, 1.54) is 27.1 Å². The Morgan fingerprint density at radius 1 is 1.14 bits per heavy atom. The highest BCUT2D eigenvalue weighted by Crippen LogP contribution is 2.29. The van der Waals surface area contributed by atoms with Gasteiger partial charge in [0.2, 0.25) is 0 Å². The Kier molecular flexibility index (Phi) is 8.59. The van der Waals surface area contributed by atoms with E-state index in [1.54, 1.807) is 0 Å². The highest BCUT2D eigenvalue weighted by molar-refractivity contribution is 5.98. The Morgan fingerprint density at radius 3 is 2.39 bits per heavy atom. The van der Waals surface area contributed by atoms with E-state index in [1.807, 2.05) is 5.32 Å². The van der Waals surface area contributed by atoms with Crippen LogP contribution < -0.4 is 25.4 Å². The predicted molar refractivity (Wildman–Crippen MR) is 90.1 cm³/mol. The van der Waals surface area contributed by atoms with Crippen molar-refractivity contribution in [1.82, 2.24) is 16.0 Å². The van der Waals surface area contributed by atoms with Crippen molar-refractivity contribution in [3.05, 3.63) is 23.8 Å². The fourth-order valence-electron chi connectivity index (χ4n) is 1.83. The molecule has 0 saturated heterocycles. The van der Waals surface area contributed by atoms with Gasteiger partial charge in [-0.3, -0.25) is 19.7 Å². The summed E-state index contributed by atoms with van der Waals surface area (Å²) >= 11 is 0. The summed E-state index contributed by atoms with van der Waals surface area (Å²) in [5, 5.41) is 6.32. The van der Waals surface area contributed by atoms with Crippen molar-refractivity contribution < 1.29 is 42.2 Å². The van der Waals surface area contributed by atoms with Crippen LogP contribution in [0.25, 0.3) is 0 Å². The van der Waals surface area contributed by atoms with Gasteiger partial charge in [0, 0.05) is 12.6 Å². The first kappa shape index (κ1) is 22.6. The van der Waals surface area contributed by atoms with Crippen LogP contribution in [0.3, 0.4) is 0 Å². The second-order valence-corrected chi connectivity index (χ2v) is 5.13. The van der Waals surface area contributed by atoms with Gasteiger partial charge in [-0.05, 0) is 25.1 Å². The van der Waals surface area contributed by atoms with Crippen molar-refractivity contribution in [3.8, 4) is 11.5 Å². The summed E-state index contributed by atoms with van der Waals surface area (Å²) in [5.41, 5.74) is 0.0108. The van der Waals surface area contributed by atoms with Crippen molar-refractivity contribution in [3.63, 3.8) is 0 Å². The number of carbonyl (C=O) groups is 4. The number of nitrogens with one attached hydrogen (secondary N) is 3. The molecule has 10 nitrogen and oxygen atoms in total. The number of hydrogen-bond acceptors (Lipinski definition) is 7. The van der Waals surface area contributed by atoms with Gasteiger partial charge in [-0.2, -0.15) is 8.78 Å². The molecule has 0 bridgehead atoms. The number of methoxy groups -OCH3 is 1. The van der Waals surface area contributed by atoms with Crippen molar-refractivity contribution >= 4 is 23.8 Å². The highest BCUT2D eigenvalue weighted by atomic mass is 19.3. The van der Waals surface area contributed by atoms with Crippen LogP contribution in [0.2, 0.25) is 0 Å². The molecule has 12 heteroatoms. The zero-order chi connectivity index (χ0) is 21.3. The third kappa shape index (κ3) is 7.05. The maximum atomic E-state index is 12.3. The summed E-state index contributed by atoms with van der Waals surface area (Å²) in [6, 6.07) is 2.69. The lowest BCUT2D eigenvalue weighted by atomic mass is 10.2. The minimum absolute atomic E-state index is 0.0108. The summed E-state index contributed by atoms with van der Waals surface area (Å²) in [6.45, 7) is -2.40. The smallest absolute Gasteiger partial charge is 0.387 e. The summed E-state index contributed by atoms with van der Waals surface area (Å²) in [5.74, 6) is -2.86. The number of halogens is 2. The molecule has 3 N–H and O–H groups in total. The van der Waals surface area contributed by atoms with E-state index in [0.29, 0.717) is 0 Å². The topological polar surface area (TPSA) is 132 Å². The molecule has 0 heterocycles. The van der Waals surface area contributed by atoms with Gasteiger partial charge in [-0.1, -0.05) is 0 Å². The van der Waals surface area contributed by atoms with Gasteiger partial charge in [0.05, 0.1) is 7.11 Å². The fraction of sp³-hybridized carbons (Fsp3) is 0.375. The molecule has 0 aromatic heterocycles. The number of urea groups is 1. The van der Waals surface area contributed by atoms with Crippen LogP contribution in [0, 0.1) is 0 Å². The molecule has 4 amide bonds. The first-order valence-corrected chi connectivity index (χ1v) is 7.81. The first-order chi connectivity index (χ1) is 13.2. The number of rotatable bonds is 8. The van der Waals surface area contributed by atoms with Gasteiger partial charge in [-0.15, -0.1) is 0 Å². The lowest BCUT2D eigenvalue weighted by molar-refractivity contribution is -0.153. The average Bonchev–Trinajstić information content (AvgIpc) is 2.65. The van der Waals surface area contributed by atoms with Crippen LogP contribution in [-0.4, -0.2) is 57.2 Å². The molecule has 154 valence electrons. The van der Waals surface area contributed by atoms with E-state index in [2.05, 4.69) is 15.4 Å². The largest absolute Gasteiger partial charge is 0.493 e. The zero-order valence-corrected chi connectivity index (χ0v) is 15.2. The Labute approximate surface area is 158 Å². The Bertz CT molecular complexity index is 743. The van der Waals surface area contributed by atoms with E-state index in [4.69, 9.17) is 9.47 Å². The van der Waals surface area contributed by atoms with Gasteiger partial charge in [0.25, 0.3) is 11.8 Å². The molecule has 0 fully saturated rings. The second kappa shape index (κ2) is 10.6. The molecule has 1 atom stereocenters. The Morgan fingerprint density at radius 2 is 1.82 bits per heavy atom. The summed E-state index contributed by atoms with van der Waals surface area (Å²) in [6.07, 6.45) is -1.27. The fourth-order valence-corrected chi connectivity index (χ4v) is 1.83. The number of carbonyl (C=O) groups excluding carboxylic acids is 4. The number of benzene rings is 1. The second-order valence-electron chi connectivity index (χ2n) is 5.13. The molecule has 0 unspecified atom stereocenters. The molecular weight excluding hydrogens is 384 g/mol. The Hall–Kier alpha value is -3.44. The molecule has 1 rings (SSSR count). The first-order valence-electron chi connectivity index (χ1n) is 7.81. The van der Waals surface area contributed by atoms with Crippen LogP contribution in [0.4, 0.5) is 13.6 Å². The molecule has 0 aliphatic carbocycles. The van der Waals surface area contributed by atoms with Crippen molar-refractivity contribution in [2.24, 2.45) is 0 Å². The molecule has 1 aromatic carbocycles. The number of alkyl halides is 2. The normalized spacial score (nSPS) is 11.2. The van der Waals surface area contributed by atoms with E-state index >= 15 is 0 Å². The van der Waals surface area contributed by atoms with Gasteiger partial charge < -0.3 is 24.8 Å². The van der Waals surface area contributed by atoms with Crippen LogP contribution in [0.15, 0.2) is 18.2 Å². The molecular formula is C16H19F2N3O7. The number of imide groups is 1.